The second kappa shape index (κ2) is 9.37. The van der Waals surface area contributed by atoms with Crippen LogP contribution in [0.5, 0.6) is 5.75 Å². The van der Waals surface area contributed by atoms with Gasteiger partial charge in [0.25, 0.3) is 0 Å². The molecule has 1 aromatic heterocycles. The molecule has 0 aliphatic carbocycles. The number of nitriles is 2. The number of aliphatic hydroxyl groups is 1. The molecule has 0 saturated carbocycles. The van der Waals surface area contributed by atoms with Gasteiger partial charge in [0, 0.05) is 5.56 Å². The molecule has 0 aliphatic rings. The van der Waals surface area contributed by atoms with E-state index in [4.69, 9.17) is 15.6 Å². The highest BCUT2D eigenvalue weighted by Crippen LogP contribution is 2.25. The Bertz CT molecular complexity index is 1150. The first-order valence-electron chi connectivity index (χ1n) is 9.03. The first-order chi connectivity index (χ1) is 14.6. The molecule has 150 valence electrons. The van der Waals surface area contributed by atoms with Crippen LogP contribution in [0.3, 0.4) is 0 Å². The van der Waals surface area contributed by atoms with Crippen LogP contribution in [0.2, 0.25) is 0 Å². The molecular formula is C22H18FN5O2. The Balaban J connectivity index is 1.80. The number of hydrogen-bond acceptors (Lipinski definition) is 6. The summed E-state index contributed by atoms with van der Waals surface area (Å²) >= 11 is 0. The highest BCUT2D eigenvalue weighted by atomic mass is 19.1. The van der Waals surface area contributed by atoms with E-state index in [9.17, 15) is 14.9 Å². The third kappa shape index (κ3) is 4.46. The van der Waals surface area contributed by atoms with Crippen molar-refractivity contribution < 1.29 is 14.2 Å². The zero-order valence-corrected chi connectivity index (χ0v) is 15.9. The summed E-state index contributed by atoms with van der Waals surface area (Å²) in [6.45, 7) is 0.0157. The average Bonchev–Trinajstić information content (AvgIpc) is 3.07. The molecule has 8 heteroatoms. The number of hydrogen-bond donors (Lipinski definition) is 2. The maximum atomic E-state index is 13.7. The van der Waals surface area contributed by atoms with Gasteiger partial charge in [-0.3, -0.25) is 0 Å². The molecule has 1 heterocycles. The van der Waals surface area contributed by atoms with E-state index < -0.39 is 0 Å². The Kier molecular flexibility index (Phi) is 6.43. The minimum Gasteiger partial charge on any atom is -0.489 e. The number of anilines is 1. The van der Waals surface area contributed by atoms with Crippen LogP contribution in [0.4, 0.5) is 10.2 Å². The fourth-order valence-corrected chi connectivity index (χ4v) is 2.80. The predicted molar refractivity (Wildman–Crippen MR) is 109 cm³/mol. The second-order valence-corrected chi connectivity index (χ2v) is 6.29. The summed E-state index contributed by atoms with van der Waals surface area (Å²) in [6.07, 6.45) is 1.58. The van der Waals surface area contributed by atoms with Gasteiger partial charge in [-0.25, -0.2) is 9.07 Å². The molecule has 30 heavy (non-hydrogen) atoms. The molecule has 0 aliphatic heterocycles. The van der Waals surface area contributed by atoms with Crippen molar-refractivity contribution in [3.05, 3.63) is 76.7 Å². The smallest absolute Gasteiger partial charge is 0.140 e. The molecule has 2 aromatic carbocycles. The van der Waals surface area contributed by atoms with Gasteiger partial charge in [0.2, 0.25) is 0 Å². The highest BCUT2D eigenvalue weighted by molar-refractivity contribution is 5.91. The van der Waals surface area contributed by atoms with Crippen molar-refractivity contribution in [3.63, 3.8) is 0 Å². The average molecular weight is 403 g/mol. The van der Waals surface area contributed by atoms with Crippen LogP contribution in [0.25, 0.3) is 11.6 Å². The van der Waals surface area contributed by atoms with Crippen molar-refractivity contribution in [3.8, 4) is 17.9 Å². The number of rotatable bonds is 7. The summed E-state index contributed by atoms with van der Waals surface area (Å²) in [5.74, 6) is 0.312. The summed E-state index contributed by atoms with van der Waals surface area (Å²) < 4.78 is 20.6. The number of nitrogen functional groups attached to an aromatic ring is 1. The summed E-state index contributed by atoms with van der Waals surface area (Å²) in [4.78, 5) is 0. The minimum atomic E-state index is -0.330. The van der Waals surface area contributed by atoms with Crippen molar-refractivity contribution in [2.75, 3.05) is 12.3 Å². The van der Waals surface area contributed by atoms with E-state index in [0.29, 0.717) is 16.9 Å². The van der Waals surface area contributed by atoms with Crippen molar-refractivity contribution in [1.82, 2.24) is 9.78 Å². The van der Waals surface area contributed by atoms with E-state index in [2.05, 4.69) is 5.10 Å². The second-order valence-electron chi connectivity index (χ2n) is 6.29. The molecular weight excluding hydrogens is 385 g/mol. The van der Waals surface area contributed by atoms with Gasteiger partial charge < -0.3 is 15.6 Å². The fourth-order valence-electron chi connectivity index (χ4n) is 2.80. The zero-order chi connectivity index (χ0) is 21.5. The number of benzene rings is 2. The molecule has 0 amide bonds. The first kappa shape index (κ1) is 20.6. The number of ether oxygens (including phenoxy) is 1. The summed E-state index contributed by atoms with van der Waals surface area (Å²) in [5, 5.41) is 32.2. The Morgan fingerprint density at radius 3 is 2.57 bits per heavy atom. The largest absolute Gasteiger partial charge is 0.489 e. The molecule has 0 atom stereocenters. The van der Waals surface area contributed by atoms with E-state index in [-0.39, 0.29) is 48.2 Å². The Labute approximate surface area is 172 Å². The molecule has 0 saturated heterocycles. The Morgan fingerprint density at radius 1 is 1.20 bits per heavy atom. The van der Waals surface area contributed by atoms with Crippen LogP contribution in [0.15, 0.2) is 48.5 Å². The van der Waals surface area contributed by atoms with Crippen molar-refractivity contribution in [1.29, 1.82) is 10.5 Å². The molecule has 0 radical (unpaired) electrons. The summed E-state index contributed by atoms with van der Waals surface area (Å²) in [7, 11) is 0. The summed E-state index contributed by atoms with van der Waals surface area (Å²) in [6, 6.07) is 17.2. The molecule has 0 fully saturated rings. The molecule has 3 rings (SSSR count). The Morgan fingerprint density at radius 2 is 1.93 bits per heavy atom. The molecule has 0 unspecified atom stereocenters. The molecule has 3 N–H and O–H groups in total. The quantitative estimate of drug-likeness (QED) is 0.585. The van der Waals surface area contributed by atoms with Gasteiger partial charge in [-0.1, -0.05) is 30.3 Å². The Hall–Kier alpha value is -4.14. The van der Waals surface area contributed by atoms with Crippen LogP contribution in [0.1, 0.15) is 22.4 Å². The van der Waals surface area contributed by atoms with Crippen molar-refractivity contribution in [2.45, 2.75) is 13.2 Å². The lowest BCUT2D eigenvalue weighted by Crippen LogP contribution is -2.07. The van der Waals surface area contributed by atoms with E-state index in [1.54, 1.807) is 48.5 Å². The number of halogens is 1. The number of nitrogens with zero attached hydrogens (tertiary/aromatic N) is 4. The van der Waals surface area contributed by atoms with E-state index >= 15 is 0 Å². The van der Waals surface area contributed by atoms with Crippen molar-refractivity contribution >= 4 is 17.5 Å². The van der Waals surface area contributed by atoms with E-state index in [0.717, 1.165) is 0 Å². The number of aliphatic hydroxyl groups excluding tert-OH is 1. The van der Waals surface area contributed by atoms with Gasteiger partial charge in [0.15, 0.2) is 0 Å². The van der Waals surface area contributed by atoms with E-state index in [1.807, 2.05) is 12.1 Å². The lowest BCUT2D eigenvalue weighted by molar-refractivity contribution is 0.270. The maximum absolute atomic E-state index is 13.7. The lowest BCUT2D eigenvalue weighted by atomic mass is 10.1. The van der Waals surface area contributed by atoms with Gasteiger partial charge in [-0.05, 0) is 29.8 Å². The van der Waals surface area contributed by atoms with Gasteiger partial charge in [0.1, 0.15) is 47.4 Å². The van der Waals surface area contributed by atoms with E-state index in [1.165, 1.54) is 10.7 Å². The molecule has 0 spiro atoms. The standard InChI is InChI=1S/C22H18FN5O2/c23-20-4-2-1-3-16(20)14-30-18-7-5-15(6-8-18)11-17(12-24)21-19(13-25)22(26)28(27-21)9-10-29/h1-8,11,29H,9-10,14,26H2/b17-11+. The highest BCUT2D eigenvalue weighted by Gasteiger charge is 2.18. The minimum absolute atomic E-state index is 0.0843. The summed E-state index contributed by atoms with van der Waals surface area (Å²) in [5.41, 5.74) is 7.43. The van der Waals surface area contributed by atoms with Crippen LogP contribution in [-0.2, 0) is 13.2 Å². The van der Waals surface area contributed by atoms with Crippen LogP contribution in [-0.4, -0.2) is 21.5 Å². The normalized spacial score (nSPS) is 11.0. The fraction of sp³-hybridized carbons (Fsp3) is 0.136. The monoisotopic (exact) mass is 403 g/mol. The maximum Gasteiger partial charge on any atom is 0.140 e. The zero-order valence-electron chi connectivity index (χ0n) is 15.9. The SMILES string of the molecule is N#C/C(=C\c1ccc(OCc2ccccc2F)cc1)c1nn(CCO)c(N)c1C#N. The van der Waals surface area contributed by atoms with Gasteiger partial charge in [0.05, 0.1) is 18.7 Å². The molecule has 7 nitrogen and oxygen atoms in total. The van der Waals surface area contributed by atoms with Crippen LogP contribution < -0.4 is 10.5 Å². The van der Waals surface area contributed by atoms with Crippen LogP contribution >= 0.6 is 0 Å². The topological polar surface area (TPSA) is 121 Å². The third-order valence-corrected chi connectivity index (χ3v) is 4.33. The molecule has 0 bridgehead atoms. The first-order valence-corrected chi connectivity index (χ1v) is 9.03. The lowest BCUT2D eigenvalue weighted by Gasteiger charge is -2.07. The third-order valence-electron chi connectivity index (χ3n) is 4.33. The van der Waals surface area contributed by atoms with Gasteiger partial charge in [-0.15, -0.1) is 0 Å². The van der Waals surface area contributed by atoms with Gasteiger partial charge >= 0.3 is 0 Å². The van der Waals surface area contributed by atoms with Crippen molar-refractivity contribution in [2.24, 2.45) is 0 Å². The number of aromatic nitrogens is 2. The predicted octanol–water partition coefficient (Wildman–Crippen LogP) is 3.11. The number of nitrogens with two attached hydrogens (primary N) is 1. The van der Waals surface area contributed by atoms with Crippen LogP contribution in [0, 0.1) is 28.5 Å². The number of allylic oxidation sites excluding steroid dienone is 1. The van der Waals surface area contributed by atoms with Gasteiger partial charge in [-0.2, -0.15) is 15.6 Å². The molecule has 3 aromatic rings.